The number of nitrogens with zero attached hydrogens (tertiary/aromatic N) is 1. The molecule has 0 bridgehead atoms. The van der Waals surface area contributed by atoms with Crippen molar-refractivity contribution < 1.29 is 13.5 Å². The van der Waals surface area contributed by atoms with Crippen LogP contribution in [0.5, 0.6) is 0 Å². The summed E-state index contributed by atoms with van der Waals surface area (Å²) in [6.07, 6.45) is 2.07. The lowest BCUT2D eigenvalue weighted by molar-refractivity contribution is 0.152. The summed E-state index contributed by atoms with van der Waals surface area (Å²) < 4.78 is 25.6. The van der Waals surface area contributed by atoms with Gasteiger partial charge in [-0.25, -0.2) is 13.1 Å². The van der Waals surface area contributed by atoms with E-state index in [4.69, 9.17) is 0 Å². The van der Waals surface area contributed by atoms with Crippen LogP contribution in [-0.4, -0.2) is 50.4 Å². The van der Waals surface area contributed by atoms with Crippen molar-refractivity contribution >= 4 is 10.0 Å². The molecule has 0 amide bonds. The van der Waals surface area contributed by atoms with Crippen molar-refractivity contribution in [1.29, 1.82) is 0 Å². The minimum atomic E-state index is -3.15. The van der Waals surface area contributed by atoms with Gasteiger partial charge in [0.15, 0.2) is 0 Å². The molecule has 0 heterocycles. The van der Waals surface area contributed by atoms with Gasteiger partial charge in [-0.2, -0.15) is 0 Å². The van der Waals surface area contributed by atoms with Crippen LogP contribution in [0.1, 0.15) is 30.5 Å². The lowest BCUT2D eigenvalue weighted by Crippen LogP contribution is -2.38. The number of sulfonamides is 1. The van der Waals surface area contributed by atoms with Crippen molar-refractivity contribution in [2.75, 3.05) is 32.0 Å². The van der Waals surface area contributed by atoms with E-state index in [0.717, 1.165) is 12.8 Å². The smallest absolute Gasteiger partial charge is 0.211 e. The van der Waals surface area contributed by atoms with E-state index in [9.17, 15) is 13.5 Å². The van der Waals surface area contributed by atoms with Crippen molar-refractivity contribution in [1.82, 2.24) is 9.62 Å². The Morgan fingerprint density at radius 3 is 2.81 bits per heavy atom. The average molecular weight is 312 g/mol. The zero-order valence-corrected chi connectivity index (χ0v) is 13.3. The van der Waals surface area contributed by atoms with Gasteiger partial charge < -0.3 is 5.11 Å². The molecule has 1 aliphatic rings. The molecule has 0 unspecified atom stereocenters. The summed E-state index contributed by atoms with van der Waals surface area (Å²) in [5.74, 6) is 0.0965. The van der Waals surface area contributed by atoms with Gasteiger partial charge in [-0.3, -0.25) is 4.90 Å². The molecule has 2 rings (SSSR count). The SMILES string of the molecule is CCS(=O)(=O)NCCN(CCO)[C@@H]1CCc2ccccc21. The van der Waals surface area contributed by atoms with Crippen LogP contribution in [0.3, 0.4) is 0 Å². The molecule has 0 spiro atoms. The predicted molar refractivity (Wildman–Crippen MR) is 83.6 cm³/mol. The van der Waals surface area contributed by atoms with Crippen LogP contribution in [0.2, 0.25) is 0 Å². The molecule has 0 radical (unpaired) electrons. The minimum Gasteiger partial charge on any atom is -0.395 e. The lowest BCUT2D eigenvalue weighted by atomic mass is 10.1. The molecule has 0 fully saturated rings. The Balaban J connectivity index is 2.00. The van der Waals surface area contributed by atoms with Crippen LogP contribution in [0.15, 0.2) is 24.3 Å². The summed E-state index contributed by atoms with van der Waals surface area (Å²) in [6.45, 7) is 3.26. The minimum absolute atomic E-state index is 0.0825. The summed E-state index contributed by atoms with van der Waals surface area (Å²) in [6, 6.07) is 8.64. The summed E-state index contributed by atoms with van der Waals surface area (Å²) in [4.78, 5) is 2.17. The van der Waals surface area contributed by atoms with Gasteiger partial charge in [-0.15, -0.1) is 0 Å². The van der Waals surface area contributed by atoms with Crippen molar-refractivity contribution in [2.24, 2.45) is 0 Å². The first-order chi connectivity index (χ1) is 10.1. The molecule has 21 heavy (non-hydrogen) atoms. The molecule has 6 heteroatoms. The molecule has 5 nitrogen and oxygen atoms in total. The Kier molecular flexibility index (Phi) is 5.75. The van der Waals surface area contributed by atoms with E-state index < -0.39 is 10.0 Å². The predicted octanol–water partition coefficient (Wildman–Crippen LogP) is 0.907. The molecule has 2 N–H and O–H groups in total. The van der Waals surface area contributed by atoms with Gasteiger partial charge in [-0.1, -0.05) is 24.3 Å². The maximum Gasteiger partial charge on any atom is 0.211 e. The molecule has 0 aliphatic heterocycles. The quantitative estimate of drug-likeness (QED) is 0.748. The fourth-order valence-corrected chi connectivity index (χ4v) is 3.52. The van der Waals surface area contributed by atoms with Crippen LogP contribution >= 0.6 is 0 Å². The summed E-state index contributed by atoms with van der Waals surface area (Å²) in [5.41, 5.74) is 2.67. The monoisotopic (exact) mass is 312 g/mol. The second kappa shape index (κ2) is 7.35. The number of aryl methyl sites for hydroxylation is 1. The van der Waals surface area contributed by atoms with Crippen molar-refractivity contribution in [3.63, 3.8) is 0 Å². The van der Waals surface area contributed by atoms with E-state index in [-0.39, 0.29) is 18.4 Å². The van der Waals surface area contributed by atoms with E-state index in [1.165, 1.54) is 11.1 Å². The van der Waals surface area contributed by atoms with E-state index in [1.807, 2.05) is 12.1 Å². The number of aliphatic hydroxyl groups excluding tert-OH is 1. The van der Waals surface area contributed by atoms with E-state index in [1.54, 1.807) is 6.92 Å². The maximum atomic E-state index is 11.5. The average Bonchev–Trinajstić information content (AvgIpc) is 2.90. The van der Waals surface area contributed by atoms with Gasteiger partial charge in [0.05, 0.1) is 12.4 Å². The third-order valence-electron chi connectivity index (χ3n) is 4.03. The Morgan fingerprint density at radius 1 is 1.33 bits per heavy atom. The first kappa shape index (κ1) is 16.4. The highest BCUT2D eigenvalue weighted by molar-refractivity contribution is 7.89. The van der Waals surface area contributed by atoms with Gasteiger partial charge in [0, 0.05) is 25.7 Å². The highest BCUT2D eigenvalue weighted by Gasteiger charge is 2.27. The van der Waals surface area contributed by atoms with Crippen LogP contribution < -0.4 is 4.72 Å². The van der Waals surface area contributed by atoms with Crippen LogP contribution in [0.4, 0.5) is 0 Å². The van der Waals surface area contributed by atoms with Crippen LogP contribution in [0, 0.1) is 0 Å². The molecule has 1 aliphatic carbocycles. The molecule has 118 valence electrons. The van der Waals surface area contributed by atoms with Crippen molar-refractivity contribution in [3.05, 3.63) is 35.4 Å². The Morgan fingerprint density at radius 2 is 2.10 bits per heavy atom. The van der Waals surface area contributed by atoms with Crippen LogP contribution in [0.25, 0.3) is 0 Å². The Labute approximate surface area is 127 Å². The van der Waals surface area contributed by atoms with Gasteiger partial charge in [0.2, 0.25) is 10.0 Å². The molecular formula is C15H24N2O3S. The molecule has 1 atom stereocenters. The second-order valence-corrected chi connectivity index (χ2v) is 7.41. The lowest BCUT2D eigenvalue weighted by Gasteiger charge is -2.29. The van der Waals surface area contributed by atoms with Gasteiger partial charge in [-0.05, 0) is 30.9 Å². The van der Waals surface area contributed by atoms with Crippen molar-refractivity contribution in [3.8, 4) is 0 Å². The fourth-order valence-electron chi connectivity index (χ4n) is 2.91. The number of aliphatic hydroxyl groups is 1. The Hall–Kier alpha value is -0.950. The van der Waals surface area contributed by atoms with Crippen LogP contribution in [-0.2, 0) is 16.4 Å². The fraction of sp³-hybridized carbons (Fsp3) is 0.600. The van der Waals surface area contributed by atoms with Gasteiger partial charge in [0.25, 0.3) is 0 Å². The molecule has 1 aromatic rings. The van der Waals surface area contributed by atoms with Gasteiger partial charge in [0.1, 0.15) is 0 Å². The first-order valence-electron chi connectivity index (χ1n) is 7.47. The van der Waals surface area contributed by atoms with E-state index in [0.29, 0.717) is 19.6 Å². The number of hydrogen-bond donors (Lipinski definition) is 2. The van der Waals surface area contributed by atoms with E-state index >= 15 is 0 Å². The molecule has 0 saturated heterocycles. The number of hydrogen-bond acceptors (Lipinski definition) is 4. The highest BCUT2D eigenvalue weighted by atomic mass is 32.2. The topological polar surface area (TPSA) is 69.6 Å². The number of benzene rings is 1. The third kappa shape index (κ3) is 4.26. The Bertz CT molecular complexity index is 560. The van der Waals surface area contributed by atoms with Gasteiger partial charge >= 0.3 is 0 Å². The maximum absolute atomic E-state index is 11.5. The summed E-state index contributed by atoms with van der Waals surface area (Å²) in [7, 11) is -3.15. The highest BCUT2D eigenvalue weighted by Crippen LogP contribution is 2.35. The standard InChI is InChI=1S/C15H24N2O3S/c1-2-21(19,20)16-9-10-17(11-12-18)15-8-7-13-5-3-4-6-14(13)15/h3-6,15-16,18H,2,7-12H2,1H3/t15-/m1/s1. The summed E-state index contributed by atoms with van der Waals surface area (Å²) >= 11 is 0. The molecule has 0 saturated carbocycles. The molecule has 1 aromatic carbocycles. The zero-order chi connectivity index (χ0) is 15.3. The molecular weight excluding hydrogens is 288 g/mol. The second-order valence-electron chi connectivity index (χ2n) is 5.31. The number of rotatable bonds is 8. The normalized spacial score (nSPS) is 18.1. The number of nitrogens with one attached hydrogen (secondary N) is 1. The summed E-state index contributed by atoms with van der Waals surface area (Å²) in [5, 5.41) is 9.27. The van der Waals surface area contributed by atoms with E-state index in [2.05, 4.69) is 21.8 Å². The number of fused-ring (bicyclic) bond motifs is 1. The third-order valence-corrected chi connectivity index (χ3v) is 5.43. The molecule has 0 aromatic heterocycles. The largest absolute Gasteiger partial charge is 0.395 e. The van der Waals surface area contributed by atoms with Crippen molar-refractivity contribution in [2.45, 2.75) is 25.8 Å². The first-order valence-corrected chi connectivity index (χ1v) is 9.12. The zero-order valence-electron chi connectivity index (χ0n) is 12.5.